The lowest BCUT2D eigenvalue weighted by atomic mass is 9.92. The summed E-state index contributed by atoms with van der Waals surface area (Å²) in [6, 6.07) is 8.51. The molecule has 1 unspecified atom stereocenters. The molecule has 0 radical (unpaired) electrons. The van der Waals surface area contributed by atoms with Gasteiger partial charge in [-0.05, 0) is 30.4 Å². The topological polar surface area (TPSA) is 32.3 Å². The van der Waals surface area contributed by atoms with Crippen molar-refractivity contribution in [1.29, 1.82) is 0 Å². The molecule has 1 N–H and O–H groups in total. The van der Waals surface area contributed by atoms with Gasteiger partial charge in [0.1, 0.15) is 5.54 Å². The lowest BCUT2D eigenvalue weighted by Gasteiger charge is -2.37. The van der Waals surface area contributed by atoms with Crippen LogP contribution in [-0.2, 0) is 17.6 Å². The summed E-state index contributed by atoms with van der Waals surface area (Å²) in [5.41, 5.74) is 2.45. The van der Waals surface area contributed by atoms with Gasteiger partial charge in [-0.1, -0.05) is 24.3 Å². The van der Waals surface area contributed by atoms with Crippen LogP contribution in [0.15, 0.2) is 24.3 Å². The average molecular weight is 242 g/mol. The van der Waals surface area contributed by atoms with Crippen molar-refractivity contribution in [3.63, 3.8) is 0 Å². The number of nitrogens with one attached hydrogen (secondary N) is 1. The molecule has 18 heavy (non-hydrogen) atoms. The van der Waals surface area contributed by atoms with Gasteiger partial charge in [0.25, 0.3) is 0 Å². The Kier molecular flexibility index (Phi) is 2.10. The first kappa shape index (κ1) is 10.6. The second kappa shape index (κ2) is 3.58. The quantitative estimate of drug-likeness (QED) is 0.747. The van der Waals surface area contributed by atoms with Crippen LogP contribution in [-0.4, -0.2) is 29.1 Å². The predicted molar refractivity (Wildman–Crippen MR) is 69.1 cm³/mol. The van der Waals surface area contributed by atoms with Gasteiger partial charge < -0.3 is 5.32 Å². The fraction of sp³-hybridized carbons (Fsp3) is 0.533. The molecule has 1 spiro atoms. The maximum absolute atomic E-state index is 12.5. The summed E-state index contributed by atoms with van der Waals surface area (Å²) in [4.78, 5) is 14.9. The summed E-state index contributed by atoms with van der Waals surface area (Å²) < 4.78 is 0. The zero-order chi connectivity index (χ0) is 12.2. The molecule has 2 aliphatic heterocycles. The lowest BCUT2D eigenvalue weighted by molar-refractivity contribution is -0.126. The highest BCUT2D eigenvalue weighted by molar-refractivity contribution is 5.90. The van der Waals surface area contributed by atoms with Crippen LogP contribution in [0.3, 0.4) is 0 Å². The Labute approximate surface area is 107 Å². The largest absolute Gasteiger partial charge is 0.339 e. The third-order valence-electron chi connectivity index (χ3n) is 4.86. The Morgan fingerprint density at radius 2 is 1.89 bits per heavy atom. The summed E-state index contributed by atoms with van der Waals surface area (Å²) in [7, 11) is 0. The second-order valence-corrected chi connectivity index (χ2v) is 5.83. The predicted octanol–water partition coefficient (Wildman–Crippen LogP) is 1.47. The van der Waals surface area contributed by atoms with Crippen LogP contribution in [0.1, 0.15) is 30.4 Å². The Balaban J connectivity index is 1.74. The number of hydrogen-bond donors (Lipinski definition) is 1. The number of hydrogen-bond acceptors (Lipinski definition) is 2. The summed E-state index contributed by atoms with van der Waals surface area (Å²) in [5.74, 6) is 0.255. The molecular weight excluding hydrogens is 224 g/mol. The highest BCUT2D eigenvalue weighted by Crippen LogP contribution is 2.41. The molecule has 0 saturated carbocycles. The lowest BCUT2D eigenvalue weighted by Crippen LogP contribution is -2.53. The standard InChI is InChI=1S/C15H18N2O/c18-14-15(17-8-4-3-7-13(17)16-14)9-11-5-1-2-6-12(11)10-15/h1-2,5-6,13H,3-4,7-10H2,(H,16,18). The van der Waals surface area contributed by atoms with E-state index in [4.69, 9.17) is 0 Å². The van der Waals surface area contributed by atoms with Crippen LogP contribution >= 0.6 is 0 Å². The van der Waals surface area contributed by atoms with E-state index in [1.54, 1.807) is 0 Å². The first-order valence-corrected chi connectivity index (χ1v) is 6.94. The zero-order valence-electron chi connectivity index (χ0n) is 10.5. The highest BCUT2D eigenvalue weighted by atomic mass is 16.2. The summed E-state index contributed by atoms with van der Waals surface area (Å²) in [6.45, 7) is 1.07. The molecule has 1 amide bonds. The van der Waals surface area contributed by atoms with Crippen LogP contribution in [0.4, 0.5) is 0 Å². The molecule has 2 heterocycles. The van der Waals surface area contributed by atoms with E-state index in [-0.39, 0.29) is 11.4 Å². The monoisotopic (exact) mass is 242 g/mol. The van der Waals surface area contributed by atoms with Gasteiger partial charge >= 0.3 is 0 Å². The van der Waals surface area contributed by atoms with Gasteiger partial charge in [0.05, 0.1) is 6.17 Å². The van der Waals surface area contributed by atoms with Crippen molar-refractivity contribution in [1.82, 2.24) is 10.2 Å². The van der Waals surface area contributed by atoms with Crippen molar-refractivity contribution in [2.45, 2.75) is 43.8 Å². The zero-order valence-corrected chi connectivity index (χ0v) is 10.5. The molecular formula is C15H18N2O. The number of nitrogens with zero attached hydrogens (tertiary/aromatic N) is 1. The van der Waals surface area contributed by atoms with Crippen LogP contribution in [0.2, 0.25) is 0 Å². The Hall–Kier alpha value is -1.35. The van der Waals surface area contributed by atoms with Gasteiger partial charge in [-0.25, -0.2) is 0 Å². The SMILES string of the molecule is O=C1NC2CCCCN2C12Cc1ccccc1C2. The van der Waals surface area contributed by atoms with E-state index in [0.717, 1.165) is 25.8 Å². The van der Waals surface area contributed by atoms with Crippen molar-refractivity contribution in [2.24, 2.45) is 0 Å². The fourth-order valence-electron chi connectivity index (χ4n) is 3.97. The fourth-order valence-corrected chi connectivity index (χ4v) is 3.97. The molecule has 3 heteroatoms. The number of benzene rings is 1. The molecule has 4 rings (SSSR count). The van der Waals surface area contributed by atoms with Gasteiger partial charge in [0.15, 0.2) is 0 Å². The average Bonchev–Trinajstić information content (AvgIpc) is 2.90. The van der Waals surface area contributed by atoms with Crippen LogP contribution in [0.5, 0.6) is 0 Å². The number of carbonyl (C=O) groups is 1. The smallest absolute Gasteiger partial charge is 0.242 e. The van der Waals surface area contributed by atoms with Crippen molar-refractivity contribution in [3.05, 3.63) is 35.4 Å². The molecule has 3 aliphatic rings. The maximum atomic E-state index is 12.5. The minimum absolute atomic E-state index is 0.255. The molecule has 1 aliphatic carbocycles. The third-order valence-corrected chi connectivity index (χ3v) is 4.86. The summed E-state index contributed by atoms with van der Waals surface area (Å²) in [6.07, 6.45) is 5.66. The summed E-state index contributed by atoms with van der Waals surface area (Å²) in [5, 5.41) is 3.21. The van der Waals surface area contributed by atoms with Crippen molar-refractivity contribution in [3.8, 4) is 0 Å². The van der Waals surface area contributed by atoms with Crippen molar-refractivity contribution < 1.29 is 4.79 Å². The normalized spacial score (nSPS) is 29.1. The Morgan fingerprint density at radius 1 is 1.17 bits per heavy atom. The first-order valence-electron chi connectivity index (χ1n) is 6.94. The second-order valence-electron chi connectivity index (χ2n) is 5.83. The number of carbonyl (C=O) groups excluding carboxylic acids is 1. The van der Waals surface area contributed by atoms with E-state index in [9.17, 15) is 4.79 Å². The molecule has 1 aromatic rings. The van der Waals surface area contributed by atoms with Crippen molar-refractivity contribution in [2.75, 3.05) is 6.54 Å². The highest BCUT2D eigenvalue weighted by Gasteiger charge is 2.55. The number of rotatable bonds is 0. The third kappa shape index (κ3) is 1.25. The molecule has 3 nitrogen and oxygen atoms in total. The molecule has 1 atom stereocenters. The van der Waals surface area contributed by atoms with Gasteiger partial charge in [-0.3, -0.25) is 9.69 Å². The summed E-state index contributed by atoms with van der Waals surface area (Å²) >= 11 is 0. The minimum Gasteiger partial charge on any atom is -0.339 e. The molecule has 0 aromatic heterocycles. The van der Waals surface area contributed by atoms with E-state index in [0.29, 0.717) is 6.17 Å². The molecule has 94 valence electrons. The van der Waals surface area contributed by atoms with Crippen LogP contribution in [0.25, 0.3) is 0 Å². The number of amides is 1. The molecule has 2 saturated heterocycles. The van der Waals surface area contributed by atoms with E-state index >= 15 is 0 Å². The molecule has 1 aromatic carbocycles. The van der Waals surface area contributed by atoms with Gasteiger partial charge in [-0.15, -0.1) is 0 Å². The van der Waals surface area contributed by atoms with E-state index < -0.39 is 0 Å². The van der Waals surface area contributed by atoms with E-state index in [2.05, 4.69) is 34.5 Å². The first-order chi connectivity index (χ1) is 8.79. The van der Waals surface area contributed by atoms with E-state index in [1.807, 2.05) is 0 Å². The molecule has 2 fully saturated rings. The number of fused-ring (bicyclic) bond motifs is 3. The Bertz CT molecular complexity index is 486. The van der Waals surface area contributed by atoms with Crippen LogP contribution in [0, 0.1) is 0 Å². The molecule has 0 bridgehead atoms. The van der Waals surface area contributed by atoms with Crippen molar-refractivity contribution >= 4 is 5.91 Å². The van der Waals surface area contributed by atoms with Gasteiger partial charge in [0.2, 0.25) is 5.91 Å². The van der Waals surface area contributed by atoms with Gasteiger partial charge in [0, 0.05) is 19.4 Å². The minimum atomic E-state index is -0.269. The van der Waals surface area contributed by atoms with Gasteiger partial charge in [-0.2, -0.15) is 0 Å². The maximum Gasteiger partial charge on any atom is 0.242 e. The van der Waals surface area contributed by atoms with Crippen LogP contribution < -0.4 is 5.32 Å². The number of piperidine rings is 1. The Morgan fingerprint density at radius 3 is 2.61 bits per heavy atom. The van der Waals surface area contributed by atoms with E-state index in [1.165, 1.54) is 24.0 Å².